The number of rotatable bonds is 5. The molecule has 1 atom stereocenters. The lowest BCUT2D eigenvalue weighted by atomic mass is 10.0. The third-order valence-corrected chi connectivity index (χ3v) is 4.31. The Morgan fingerprint density at radius 2 is 2.17 bits per heavy atom. The lowest BCUT2D eigenvalue weighted by Gasteiger charge is -2.33. The number of aromatic nitrogens is 1. The number of amides is 1. The van der Waals surface area contributed by atoms with Crippen molar-refractivity contribution in [3.05, 3.63) is 33.2 Å². The molecule has 23 heavy (non-hydrogen) atoms. The molecule has 0 aromatic carbocycles. The highest BCUT2D eigenvalue weighted by molar-refractivity contribution is 5.95. The SMILES string of the molecule is Cc1cc(C)c(C(=O)N2CCO[C@H](CCCC(C)C)C2)c(=O)[nH]1. The maximum Gasteiger partial charge on any atom is 0.261 e. The Kier molecular flexibility index (Phi) is 5.99. The van der Waals surface area contributed by atoms with E-state index < -0.39 is 0 Å². The van der Waals surface area contributed by atoms with Crippen LogP contribution >= 0.6 is 0 Å². The Balaban J connectivity index is 2.04. The van der Waals surface area contributed by atoms with Crippen molar-refractivity contribution < 1.29 is 9.53 Å². The molecule has 128 valence electrons. The van der Waals surface area contributed by atoms with E-state index in [-0.39, 0.29) is 23.1 Å². The van der Waals surface area contributed by atoms with Gasteiger partial charge < -0.3 is 14.6 Å². The van der Waals surface area contributed by atoms with Crippen molar-refractivity contribution in [3.63, 3.8) is 0 Å². The van der Waals surface area contributed by atoms with E-state index in [4.69, 9.17) is 4.74 Å². The molecule has 1 fully saturated rings. The maximum absolute atomic E-state index is 12.7. The lowest BCUT2D eigenvalue weighted by molar-refractivity contribution is -0.0261. The number of nitrogens with zero attached hydrogens (tertiary/aromatic N) is 1. The molecular formula is C18H28N2O3. The molecule has 0 spiro atoms. The van der Waals surface area contributed by atoms with E-state index in [9.17, 15) is 9.59 Å². The second kappa shape index (κ2) is 7.77. The second-order valence-electron chi connectivity index (χ2n) is 6.91. The van der Waals surface area contributed by atoms with Crippen molar-refractivity contribution in [2.24, 2.45) is 5.92 Å². The average molecular weight is 320 g/mol. The summed E-state index contributed by atoms with van der Waals surface area (Å²) in [7, 11) is 0. The predicted molar refractivity (Wildman–Crippen MR) is 90.9 cm³/mol. The van der Waals surface area contributed by atoms with Gasteiger partial charge in [0.1, 0.15) is 5.56 Å². The fourth-order valence-electron chi connectivity index (χ4n) is 3.11. The summed E-state index contributed by atoms with van der Waals surface area (Å²) < 4.78 is 5.78. The molecular weight excluding hydrogens is 292 g/mol. The van der Waals surface area contributed by atoms with Crippen molar-refractivity contribution in [2.45, 2.75) is 53.1 Å². The Bertz CT molecular complexity index is 607. The van der Waals surface area contributed by atoms with E-state index in [1.807, 2.05) is 19.9 Å². The zero-order valence-corrected chi connectivity index (χ0v) is 14.6. The molecule has 2 heterocycles. The molecule has 5 nitrogen and oxygen atoms in total. The van der Waals surface area contributed by atoms with Gasteiger partial charge in [-0.3, -0.25) is 9.59 Å². The highest BCUT2D eigenvalue weighted by atomic mass is 16.5. The van der Waals surface area contributed by atoms with Crippen LogP contribution in [0.1, 0.15) is 54.7 Å². The van der Waals surface area contributed by atoms with Crippen molar-refractivity contribution in [1.29, 1.82) is 0 Å². The zero-order valence-electron chi connectivity index (χ0n) is 14.6. The van der Waals surface area contributed by atoms with Gasteiger partial charge in [0.25, 0.3) is 11.5 Å². The number of morpholine rings is 1. The van der Waals surface area contributed by atoms with Crippen molar-refractivity contribution in [2.75, 3.05) is 19.7 Å². The van der Waals surface area contributed by atoms with Gasteiger partial charge in [-0.15, -0.1) is 0 Å². The molecule has 1 aromatic rings. The molecule has 0 saturated carbocycles. The van der Waals surface area contributed by atoms with Gasteiger partial charge >= 0.3 is 0 Å². The van der Waals surface area contributed by atoms with Crippen molar-refractivity contribution in [3.8, 4) is 0 Å². The number of hydrogen-bond donors (Lipinski definition) is 1. The fraction of sp³-hybridized carbons (Fsp3) is 0.667. The molecule has 1 aliphatic heterocycles. The van der Waals surface area contributed by atoms with E-state index >= 15 is 0 Å². The van der Waals surface area contributed by atoms with E-state index in [1.54, 1.807) is 4.90 Å². The van der Waals surface area contributed by atoms with Gasteiger partial charge in [0.05, 0.1) is 12.7 Å². The summed E-state index contributed by atoms with van der Waals surface area (Å²) >= 11 is 0. The molecule has 0 aliphatic carbocycles. The van der Waals surface area contributed by atoms with Gasteiger partial charge in [-0.25, -0.2) is 0 Å². The first-order chi connectivity index (χ1) is 10.9. The molecule has 2 rings (SSSR count). The minimum atomic E-state index is -0.296. The number of ether oxygens (including phenoxy) is 1. The molecule has 5 heteroatoms. The minimum absolute atomic E-state index is 0.0799. The summed E-state index contributed by atoms with van der Waals surface area (Å²) in [5.41, 5.74) is 1.48. The summed E-state index contributed by atoms with van der Waals surface area (Å²) in [6.07, 6.45) is 3.32. The van der Waals surface area contributed by atoms with Crippen molar-refractivity contribution in [1.82, 2.24) is 9.88 Å². The van der Waals surface area contributed by atoms with Crippen LogP contribution in [0.3, 0.4) is 0 Å². The number of carbonyl (C=O) groups is 1. The third-order valence-electron chi connectivity index (χ3n) is 4.31. The Labute approximate surface area is 138 Å². The first kappa shape index (κ1) is 17.7. The van der Waals surface area contributed by atoms with Crippen LogP contribution in [-0.4, -0.2) is 41.6 Å². The number of H-pyrrole nitrogens is 1. The van der Waals surface area contributed by atoms with Gasteiger partial charge in [0.2, 0.25) is 0 Å². The smallest absolute Gasteiger partial charge is 0.261 e. The van der Waals surface area contributed by atoms with Gasteiger partial charge in [-0.05, 0) is 37.8 Å². The van der Waals surface area contributed by atoms with Crippen LogP contribution in [0.15, 0.2) is 10.9 Å². The Hall–Kier alpha value is -1.62. The normalized spacial score (nSPS) is 18.5. The van der Waals surface area contributed by atoms with Crippen LogP contribution in [0.5, 0.6) is 0 Å². The van der Waals surface area contributed by atoms with Gasteiger partial charge in [-0.2, -0.15) is 0 Å². The summed E-state index contributed by atoms with van der Waals surface area (Å²) in [6, 6.07) is 1.84. The van der Waals surface area contributed by atoms with E-state index in [0.29, 0.717) is 25.6 Å². The third kappa shape index (κ3) is 4.67. The van der Waals surface area contributed by atoms with Gasteiger partial charge in [0, 0.05) is 18.8 Å². The molecule has 1 aliphatic rings. The average Bonchev–Trinajstić information content (AvgIpc) is 2.46. The number of hydrogen-bond acceptors (Lipinski definition) is 3. The van der Waals surface area contributed by atoms with Crippen LogP contribution in [0.25, 0.3) is 0 Å². The Morgan fingerprint density at radius 3 is 2.83 bits per heavy atom. The summed E-state index contributed by atoms with van der Waals surface area (Å²) in [5, 5.41) is 0. The second-order valence-corrected chi connectivity index (χ2v) is 6.91. The van der Waals surface area contributed by atoms with Crippen LogP contribution in [-0.2, 0) is 4.74 Å². The molecule has 1 saturated heterocycles. The van der Waals surface area contributed by atoms with Crippen LogP contribution in [0.4, 0.5) is 0 Å². The standard InChI is InChI=1S/C18H28N2O3/c1-12(2)6-5-7-15-11-20(8-9-23-15)18(22)16-13(3)10-14(4)19-17(16)21/h10,12,15H,5-9,11H2,1-4H3,(H,19,21)/t15-/m1/s1. The van der Waals surface area contributed by atoms with Crippen LogP contribution in [0.2, 0.25) is 0 Å². The fourth-order valence-corrected chi connectivity index (χ4v) is 3.11. The molecule has 0 radical (unpaired) electrons. The van der Waals surface area contributed by atoms with Gasteiger partial charge in [0.15, 0.2) is 0 Å². The molecule has 1 N–H and O–H groups in total. The quantitative estimate of drug-likeness (QED) is 0.907. The number of aryl methyl sites for hydroxylation is 2. The molecule has 1 amide bonds. The van der Waals surface area contributed by atoms with Crippen molar-refractivity contribution >= 4 is 5.91 Å². The summed E-state index contributed by atoms with van der Waals surface area (Å²) in [6.45, 7) is 9.73. The molecule has 0 unspecified atom stereocenters. The highest BCUT2D eigenvalue weighted by Crippen LogP contribution is 2.16. The zero-order chi connectivity index (χ0) is 17.0. The predicted octanol–water partition coefficient (Wildman–Crippen LogP) is 2.66. The number of aromatic amines is 1. The lowest BCUT2D eigenvalue weighted by Crippen LogP contribution is -2.47. The number of pyridine rings is 1. The van der Waals surface area contributed by atoms with E-state index in [0.717, 1.165) is 24.1 Å². The maximum atomic E-state index is 12.7. The summed E-state index contributed by atoms with van der Waals surface area (Å²) in [5.74, 6) is 0.506. The molecule has 0 bridgehead atoms. The first-order valence-corrected chi connectivity index (χ1v) is 8.50. The largest absolute Gasteiger partial charge is 0.375 e. The van der Waals surface area contributed by atoms with Gasteiger partial charge in [-0.1, -0.05) is 26.7 Å². The monoisotopic (exact) mass is 320 g/mol. The Morgan fingerprint density at radius 1 is 1.43 bits per heavy atom. The number of carbonyl (C=O) groups excluding carboxylic acids is 1. The topological polar surface area (TPSA) is 62.4 Å². The number of nitrogens with one attached hydrogen (secondary N) is 1. The van der Waals surface area contributed by atoms with Crippen LogP contribution in [0, 0.1) is 19.8 Å². The molecule has 1 aromatic heterocycles. The van der Waals surface area contributed by atoms with E-state index in [2.05, 4.69) is 18.8 Å². The highest BCUT2D eigenvalue weighted by Gasteiger charge is 2.27. The minimum Gasteiger partial charge on any atom is -0.375 e. The summed E-state index contributed by atoms with van der Waals surface area (Å²) in [4.78, 5) is 29.4. The van der Waals surface area contributed by atoms with Crippen LogP contribution < -0.4 is 5.56 Å². The van der Waals surface area contributed by atoms with E-state index in [1.165, 1.54) is 6.42 Å². The first-order valence-electron chi connectivity index (χ1n) is 8.50.